The van der Waals surface area contributed by atoms with Gasteiger partial charge in [0.2, 0.25) is 5.88 Å². The molecule has 0 bridgehead atoms. The monoisotopic (exact) mass is 396 g/mol. The number of carbonyl (C=O) groups excluding carboxylic acids is 1. The number of allylic oxidation sites excluding steroid dienone is 3. The van der Waals surface area contributed by atoms with E-state index in [-0.39, 0.29) is 22.7 Å². The summed E-state index contributed by atoms with van der Waals surface area (Å²) in [5, 5.41) is 9.76. The van der Waals surface area contributed by atoms with Crippen LogP contribution in [0.25, 0.3) is 0 Å². The van der Waals surface area contributed by atoms with Crippen molar-refractivity contribution in [1.29, 1.82) is 5.26 Å². The molecule has 0 spiro atoms. The second kappa shape index (κ2) is 8.20. The van der Waals surface area contributed by atoms with Gasteiger partial charge in [-0.15, -0.1) is 0 Å². The summed E-state index contributed by atoms with van der Waals surface area (Å²) in [6.45, 7) is 9.05. The van der Waals surface area contributed by atoms with Crippen LogP contribution in [0.5, 0.6) is 11.5 Å². The molecule has 2 N–H and O–H groups in total. The van der Waals surface area contributed by atoms with Crippen LogP contribution in [-0.2, 0) is 9.53 Å². The van der Waals surface area contributed by atoms with Crippen molar-refractivity contribution >= 4 is 5.78 Å². The lowest BCUT2D eigenvalue weighted by Crippen LogP contribution is -2.33. The normalized spacial score (nSPS) is 20.7. The topological polar surface area (TPSA) is 94.6 Å². The Hall–Kier alpha value is -2.94. The number of hydrogen-bond acceptors (Lipinski definition) is 6. The first-order chi connectivity index (χ1) is 13.8. The first-order valence-electron chi connectivity index (χ1n) is 10.0. The molecule has 1 aromatic rings. The Balaban J connectivity index is 2.11. The molecule has 1 aliphatic heterocycles. The SMILES string of the molecule is CCCOc1ccc(C2C(C#N)=C(N)OC3=C2C(=O)CC(C)(C)C3)cc1OCC. The van der Waals surface area contributed by atoms with Crippen molar-refractivity contribution in [3.63, 3.8) is 0 Å². The van der Waals surface area contributed by atoms with Gasteiger partial charge in [-0.2, -0.15) is 5.26 Å². The number of Topliss-reactive ketones (excluding diaryl/α,β-unsaturated/α-hetero) is 1. The fraction of sp³-hybridized carbons (Fsp3) is 0.478. The van der Waals surface area contributed by atoms with Gasteiger partial charge in [0.25, 0.3) is 0 Å². The highest BCUT2D eigenvalue weighted by atomic mass is 16.5. The van der Waals surface area contributed by atoms with Crippen molar-refractivity contribution in [1.82, 2.24) is 0 Å². The van der Waals surface area contributed by atoms with E-state index >= 15 is 0 Å². The van der Waals surface area contributed by atoms with Crippen LogP contribution in [0.2, 0.25) is 0 Å². The number of nitrogens with two attached hydrogens (primary N) is 1. The molecule has 2 aliphatic rings. The van der Waals surface area contributed by atoms with Crippen molar-refractivity contribution in [3.05, 3.63) is 46.6 Å². The van der Waals surface area contributed by atoms with Crippen LogP contribution in [0.3, 0.4) is 0 Å². The molecule has 154 valence electrons. The number of benzene rings is 1. The van der Waals surface area contributed by atoms with Gasteiger partial charge in [-0.25, -0.2) is 0 Å². The molecule has 0 aromatic heterocycles. The van der Waals surface area contributed by atoms with Gasteiger partial charge < -0.3 is 19.9 Å². The van der Waals surface area contributed by atoms with Crippen molar-refractivity contribution in [2.24, 2.45) is 11.1 Å². The van der Waals surface area contributed by atoms with Gasteiger partial charge in [-0.1, -0.05) is 26.8 Å². The largest absolute Gasteiger partial charge is 0.490 e. The highest BCUT2D eigenvalue weighted by Gasteiger charge is 2.43. The molecule has 6 heteroatoms. The summed E-state index contributed by atoms with van der Waals surface area (Å²) in [6, 6.07) is 7.68. The van der Waals surface area contributed by atoms with Crippen LogP contribution in [0.4, 0.5) is 0 Å². The first-order valence-corrected chi connectivity index (χ1v) is 10.0. The second-order valence-electron chi connectivity index (χ2n) is 8.19. The van der Waals surface area contributed by atoms with E-state index in [2.05, 4.69) is 6.07 Å². The molecule has 0 radical (unpaired) electrons. The molecule has 0 saturated carbocycles. The lowest BCUT2D eigenvalue weighted by molar-refractivity contribution is -0.119. The van der Waals surface area contributed by atoms with Gasteiger partial charge in [0.1, 0.15) is 17.4 Å². The van der Waals surface area contributed by atoms with Crippen LogP contribution in [0.1, 0.15) is 58.4 Å². The molecule has 1 heterocycles. The summed E-state index contributed by atoms with van der Waals surface area (Å²) >= 11 is 0. The minimum atomic E-state index is -0.563. The van der Waals surface area contributed by atoms with Gasteiger partial charge in [-0.3, -0.25) is 4.79 Å². The quantitative estimate of drug-likeness (QED) is 0.769. The highest BCUT2D eigenvalue weighted by Crippen LogP contribution is 2.48. The Labute approximate surface area is 171 Å². The van der Waals surface area contributed by atoms with Crippen molar-refractivity contribution in [2.75, 3.05) is 13.2 Å². The lowest BCUT2D eigenvalue weighted by Gasteiger charge is -2.37. The molecule has 29 heavy (non-hydrogen) atoms. The Bertz CT molecular complexity index is 921. The average Bonchev–Trinajstić information content (AvgIpc) is 2.65. The first kappa shape index (κ1) is 20.8. The predicted molar refractivity (Wildman–Crippen MR) is 109 cm³/mol. The van der Waals surface area contributed by atoms with E-state index in [4.69, 9.17) is 19.9 Å². The third-order valence-electron chi connectivity index (χ3n) is 5.14. The number of nitriles is 1. The Kier molecular flexibility index (Phi) is 5.88. The molecule has 0 saturated heterocycles. The number of ether oxygens (including phenoxy) is 3. The van der Waals surface area contributed by atoms with Crippen molar-refractivity contribution in [3.8, 4) is 17.6 Å². The number of nitrogens with zero attached hydrogens (tertiary/aromatic N) is 1. The molecule has 1 aromatic carbocycles. The van der Waals surface area contributed by atoms with Crippen LogP contribution < -0.4 is 15.2 Å². The summed E-state index contributed by atoms with van der Waals surface area (Å²) in [7, 11) is 0. The van der Waals surface area contributed by atoms with Gasteiger partial charge in [0.05, 0.1) is 19.1 Å². The maximum absolute atomic E-state index is 13.0. The maximum Gasteiger partial charge on any atom is 0.205 e. The fourth-order valence-corrected chi connectivity index (χ4v) is 3.92. The molecule has 0 amide bonds. The van der Waals surface area contributed by atoms with E-state index in [0.29, 0.717) is 48.9 Å². The minimum Gasteiger partial charge on any atom is -0.490 e. The highest BCUT2D eigenvalue weighted by molar-refractivity contribution is 6.00. The van der Waals surface area contributed by atoms with E-state index in [1.54, 1.807) is 0 Å². The third-order valence-corrected chi connectivity index (χ3v) is 5.14. The number of ketones is 1. The molecular weight excluding hydrogens is 368 g/mol. The predicted octanol–water partition coefficient (Wildman–Crippen LogP) is 4.32. The molecule has 1 unspecified atom stereocenters. The summed E-state index contributed by atoms with van der Waals surface area (Å²) in [5.74, 6) is 1.29. The van der Waals surface area contributed by atoms with E-state index in [1.165, 1.54) is 0 Å². The molecule has 1 atom stereocenters. The number of hydrogen-bond donors (Lipinski definition) is 1. The van der Waals surface area contributed by atoms with Gasteiger partial charge in [0.15, 0.2) is 17.3 Å². The average molecular weight is 396 g/mol. The van der Waals surface area contributed by atoms with E-state index in [0.717, 1.165) is 12.0 Å². The Morgan fingerprint density at radius 1 is 1.24 bits per heavy atom. The molecule has 0 fully saturated rings. The lowest BCUT2D eigenvalue weighted by atomic mass is 9.70. The van der Waals surface area contributed by atoms with E-state index in [9.17, 15) is 10.1 Å². The number of rotatable bonds is 6. The zero-order valence-corrected chi connectivity index (χ0v) is 17.5. The zero-order chi connectivity index (χ0) is 21.2. The second-order valence-corrected chi connectivity index (χ2v) is 8.19. The van der Waals surface area contributed by atoms with Crippen molar-refractivity contribution < 1.29 is 19.0 Å². The van der Waals surface area contributed by atoms with Crippen LogP contribution >= 0.6 is 0 Å². The zero-order valence-electron chi connectivity index (χ0n) is 17.5. The molecule has 6 nitrogen and oxygen atoms in total. The molecular formula is C23H28N2O4. The maximum atomic E-state index is 13.0. The van der Waals surface area contributed by atoms with Crippen LogP contribution in [-0.4, -0.2) is 19.0 Å². The summed E-state index contributed by atoms with van der Waals surface area (Å²) in [4.78, 5) is 13.0. The van der Waals surface area contributed by atoms with Gasteiger partial charge in [0, 0.05) is 18.4 Å². The van der Waals surface area contributed by atoms with Crippen LogP contribution in [0, 0.1) is 16.7 Å². The van der Waals surface area contributed by atoms with Gasteiger partial charge >= 0.3 is 0 Å². The fourth-order valence-electron chi connectivity index (χ4n) is 3.92. The molecule has 3 rings (SSSR count). The van der Waals surface area contributed by atoms with Gasteiger partial charge in [-0.05, 0) is 36.5 Å². The Morgan fingerprint density at radius 2 is 2.00 bits per heavy atom. The van der Waals surface area contributed by atoms with Crippen LogP contribution in [0.15, 0.2) is 41.0 Å². The van der Waals surface area contributed by atoms with E-state index in [1.807, 2.05) is 45.9 Å². The Morgan fingerprint density at radius 3 is 2.66 bits per heavy atom. The summed E-state index contributed by atoms with van der Waals surface area (Å²) in [5.41, 5.74) is 7.42. The third kappa shape index (κ3) is 4.09. The summed E-state index contributed by atoms with van der Waals surface area (Å²) < 4.78 is 17.3. The smallest absolute Gasteiger partial charge is 0.205 e. The summed E-state index contributed by atoms with van der Waals surface area (Å²) in [6.07, 6.45) is 1.88. The molecule has 1 aliphatic carbocycles. The standard InChI is InChI=1S/C23H28N2O4/c1-5-9-28-17-8-7-14(10-18(17)27-6-2)20-15(13-24)22(25)29-19-12-23(3,4)11-16(26)21(19)20/h7-8,10,20H,5-6,9,11-12,25H2,1-4H3. The minimum absolute atomic E-state index is 0.00855. The van der Waals surface area contributed by atoms with E-state index < -0.39 is 5.92 Å². The number of carbonyl (C=O) groups is 1. The van der Waals surface area contributed by atoms with Crippen molar-refractivity contribution in [2.45, 2.75) is 52.9 Å².